The van der Waals surface area contributed by atoms with Crippen LogP contribution in [0.3, 0.4) is 0 Å². The highest BCUT2D eigenvalue weighted by molar-refractivity contribution is 7.16. The molecule has 7 heteroatoms. The maximum atomic E-state index is 11.7. The van der Waals surface area contributed by atoms with Crippen molar-refractivity contribution < 1.29 is 4.79 Å². The van der Waals surface area contributed by atoms with Crippen LogP contribution >= 0.6 is 11.3 Å². The van der Waals surface area contributed by atoms with E-state index in [0.717, 1.165) is 0 Å². The minimum atomic E-state index is -0.525. The summed E-state index contributed by atoms with van der Waals surface area (Å²) in [4.78, 5) is 30.8. The molecule has 4 N–H and O–H groups in total. The van der Waals surface area contributed by atoms with Gasteiger partial charge in [0.15, 0.2) is 0 Å². The number of carbonyl (C=O) groups is 1. The number of hydrogen-bond acceptors (Lipinski definition) is 5. The van der Waals surface area contributed by atoms with Crippen molar-refractivity contribution >= 4 is 33.4 Å². The first kappa shape index (κ1) is 19.3. The second kappa shape index (κ2) is 8.53. The number of hydrogen-bond donors (Lipinski definition) is 3. The van der Waals surface area contributed by atoms with Crippen LogP contribution in [0.2, 0.25) is 0 Å². The molecule has 0 radical (unpaired) electrons. The van der Waals surface area contributed by atoms with Gasteiger partial charge in [-0.15, -0.1) is 11.3 Å². The van der Waals surface area contributed by atoms with Crippen LogP contribution < -0.4 is 16.6 Å². The van der Waals surface area contributed by atoms with E-state index in [1.807, 2.05) is 13.8 Å². The number of anilines is 1. The SMILES string of the molecule is CC.CC(C)(C)C(=O)Nc1nc2sccc2c(=O)[nH]1.CN. The second-order valence-electron chi connectivity index (χ2n) is 4.76. The predicted molar refractivity (Wildman–Crippen MR) is 89.8 cm³/mol. The van der Waals surface area contributed by atoms with Gasteiger partial charge in [0.05, 0.1) is 5.39 Å². The first-order valence-electron chi connectivity index (χ1n) is 6.74. The third kappa shape index (κ3) is 5.28. The number of aromatic amines is 1. The van der Waals surface area contributed by atoms with Gasteiger partial charge in [0.1, 0.15) is 4.83 Å². The highest BCUT2D eigenvalue weighted by Crippen LogP contribution is 2.18. The number of amides is 1. The van der Waals surface area contributed by atoms with Gasteiger partial charge in [-0.3, -0.25) is 19.9 Å². The number of rotatable bonds is 1. The zero-order valence-electron chi connectivity index (χ0n) is 13.4. The van der Waals surface area contributed by atoms with Gasteiger partial charge in [0.2, 0.25) is 11.9 Å². The number of nitrogens with two attached hydrogens (primary N) is 1. The van der Waals surface area contributed by atoms with Crippen LogP contribution in [0, 0.1) is 5.41 Å². The van der Waals surface area contributed by atoms with Crippen LogP contribution in [0.4, 0.5) is 5.95 Å². The molecule has 0 saturated carbocycles. The zero-order valence-corrected chi connectivity index (χ0v) is 14.2. The van der Waals surface area contributed by atoms with Crippen LogP contribution in [0.15, 0.2) is 16.2 Å². The highest BCUT2D eigenvalue weighted by Gasteiger charge is 2.22. The van der Waals surface area contributed by atoms with E-state index in [4.69, 9.17) is 0 Å². The van der Waals surface area contributed by atoms with Crippen LogP contribution in [-0.4, -0.2) is 22.9 Å². The topological polar surface area (TPSA) is 101 Å². The summed E-state index contributed by atoms with van der Waals surface area (Å²) in [6, 6.07) is 1.71. The van der Waals surface area contributed by atoms with Gasteiger partial charge < -0.3 is 5.73 Å². The van der Waals surface area contributed by atoms with Crippen molar-refractivity contribution in [3.05, 3.63) is 21.8 Å². The van der Waals surface area contributed by atoms with Crippen molar-refractivity contribution in [1.82, 2.24) is 9.97 Å². The van der Waals surface area contributed by atoms with Crippen LogP contribution in [0.5, 0.6) is 0 Å². The van der Waals surface area contributed by atoms with Crippen molar-refractivity contribution in [2.45, 2.75) is 34.6 Å². The lowest BCUT2D eigenvalue weighted by atomic mass is 9.96. The van der Waals surface area contributed by atoms with Crippen molar-refractivity contribution in [1.29, 1.82) is 0 Å². The molecule has 118 valence electrons. The van der Waals surface area contributed by atoms with Crippen LogP contribution in [0.1, 0.15) is 34.6 Å². The van der Waals surface area contributed by atoms with E-state index in [9.17, 15) is 9.59 Å². The third-order valence-electron chi connectivity index (χ3n) is 2.25. The van der Waals surface area contributed by atoms with E-state index in [1.165, 1.54) is 18.4 Å². The van der Waals surface area contributed by atoms with E-state index in [1.54, 1.807) is 32.2 Å². The molecule has 2 aromatic heterocycles. The average molecular weight is 312 g/mol. The Morgan fingerprint density at radius 3 is 2.43 bits per heavy atom. The summed E-state index contributed by atoms with van der Waals surface area (Å²) in [5.41, 5.74) is 3.74. The van der Waals surface area contributed by atoms with Gasteiger partial charge in [-0.25, -0.2) is 4.98 Å². The number of fused-ring (bicyclic) bond motifs is 1. The summed E-state index contributed by atoms with van der Waals surface area (Å²) in [7, 11) is 1.50. The molecule has 0 aromatic carbocycles. The van der Waals surface area contributed by atoms with Crippen LogP contribution in [0.25, 0.3) is 10.2 Å². The lowest BCUT2D eigenvalue weighted by Crippen LogP contribution is -2.29. The molecule has 0 bridgehead atoms. The fourth-order valence-corrected chi connectivity index (χ4v) is 1.98. The third-order valence-corrected chi connectivity index (χ3v) is 3.05. The van der Waals surface area contributed by atoms with Gasteiger partial charge >= 0.3 is 0 Å². The number of thiophene rings is 1. The Morgan fingerprint density at radius 2 is 1.90 bits per heavy atom. The maximum Gasteiger partial charge on any atom is 0.261 e. The van der Waals surface area contributed by atoms with Crippen molar-refractivity contribution in [2.75, 3.05) is 12.4 Å². The summed E-state index contributed by atoms with van der Waals surface area (Å²) < 4.78 is 0. The Labute approximate surface area is 128 Å². The Hall–Kier alpha value is -1.73. The Morgan fingerprint density at radius 1 is 1.33 bits per heavy atom. The number of H-pyrrole nitrogens is 1. The molecule has 0 aliphatic carbocycles. The van der Waals surface area contributed by atoms with E-state index in [-0.39, 0.29) is 17.4 Å². The molecular weight excluding hydrogens is 288 g/mol. The van der Waals surface area contributed by atoms with E-state index in [2.05, 4.69) is 21.0 Å². The quantitative estimate of drug-likeness (QED) is 0.753. The summed E-state index contributed by atoms with van der Waals surface area (Å²) >= 11 is 1.37. The molecule has 0 aliphatic rings. The van der Waals surface area contributed by atoms with E-state index < -0.39 is 5.41 Å². The molecule has 0 fully saturated rings. The molecule has 2 aromatic rings. The molecule has 21 heavy (non-hydrogen) atoms. The normalized spacial score (nSPS) is 10.0. The summed E-state index contributed by atoms with van der Waals surface area (Å²) in [5.74, 6) is 0.0152. The summed E-state index contributed by atoms with van der Waals surface area (Å²) in [5, 5.41) is 4.94. The number of nitrogens with zero attached hydrogens (tertiary/aromatic N) is 1. The fraction of sp³-hybridized carbons (Fsp3) is 0.500. The van der Waals surface area contributed by atoms with Gasteiger partial charge in [-0.05, 0) is 18.5 Å². The highest BCUT2D eigenvalue weighted by atomic mass is 32.1. The van der Waals surface area contributed by atoms with Crippen LogP contribution in [-0.2, 0) is 4.79 Å². The minimum absolute atomic E-state index is 0.184. The molecule has 0 unspecified atom stereocenters. The molecule has 0 aliphatic heterocycles. The van der Waals surface area contributed by atoms with Crippen molar-refractivity contribution in [2.24, 2.45) is 11.1 Å². The predicted octanol–water partition coefficient (Wildman–Crippen LogP) is 2.57. The molecule has 1 amide bonds. The Kier molecular flexibility index (Phi) is 7.83. The molecule has 0 saturated heterocycles. The lowest BCUT2D eigenvalue weighted by molar-refractivity contribution is -0.123. The smallest absolute Gasteiger partial charge is 0.261 e. The summed E-state index contributed by atoms with van der Waals surface area (Å²) in [6.45, 7) is 9.39. The standard InChI is InChI=1S/C11H13N3O2S.C2H6.CH5N/c1-11(2,3)9(16)14-10-12-7(15)6-4-5-17-8(6)13-10;2*1-2/h4-5H,1-3H3,(H2,12,13,14,15,16);1-2H3;2H2,1H3. The van der Waals surface area contributed by atoms with Gasteiger partial charge in [0, 0.05) is 5.41 Å². The second-order valence-corrected chi connectivity index (χ2v) is 5.65. The molecule has 2 rings (SSSR count). The van der Waals surface area contributed by atoms with E-state index in [0.29, 0.717) is 10.2 Å². The molecule has 0 spiro atoms. The molecule has 0 atom stereocenters. The molecule has 2 heterocycles. The first-order chi connectivity index (χ1) is 9.88. The Balaban J connectivity index is 0.000000921. The number of aromatic nitrogens is 2. The zero-order chi connectivity index (χ0) is 16.6. The van der Waals surface area contributed by atoms with Gasteiger partial charge in [0.25, 0.3) is 5.56 Å². The summed E-state index contributed by atoms with van der Waals surface area (Å²) in [6.07, 6.45) is 0. The maximum absolute atomic E-state index is 11.7. The molecular formula is C14H24N4O2S. The molecule has 6 nitrogen and oxygen atoms in total. The average Bonchev–Trinajstić information content (AvgIpc) is 2.91. The van der Waals surface area contributed by atoms with Gasteiger partial charge in [-0.2, -0.15) is 0 Å². The number of carbonyl (C=O) groups excluding carboxylic acids is 1. The monoisotopic (exact) mass is 312 g/mol. The number of nitrogens with one attached hydrogen (secondary N) is 2. The Bertz CT molecular complexity index is 626. The fourth-order valence-electron chi connectivity index (χ4n) is 1.22. The van der Waals surface area contributed by atoms with Crippen molar-refractivity contribution in [3.8, 4) is 0 Å². The van der Waals surface area contributed by atoms with Gasteiger partial charge in [-0.1, -0.05) is 34.6 Å². The van der Waals surface area contributed by atoms with Crippen molar-refractivity contribution in [3.63, 3.8) is 0 Å². The lowest BCUT2D eigenvalue weighted by Gasteiger charge is -2.16. The largest absolute Gasteiger partial charge is 0.333 e. The minimum Gasteiger partial charge on any atom is -0.333 e. The first-order valence-corrected chi connectivity index (χ1v) is 7.62. The van der Waals surface area contributed by atoms with E-state index >= 15 is 0 Å².